The van der Waals surface area contributed by atoms with Crippen molar-refractivity contribution in [1.29, 1.82) is 0 Å². The number of carboxylic acids is 1. The number of hydrazone groups is 1. The zero-order chi connectivity index (χ0) is 13.3. The van der Waals surface area contributed by atoms with Crippen LogP contribution in [0.1, 0.15) is 6.42 Å². The summed E-state index contributed by atoms with van der Waals surface area (Å²) in [7, 11) is 0. The van der Waals surface area contributed by atoms with Gasteiger partial charge in [-0.1, -0.05) is 0 Å². The summed E-state index contributed by atoms with van der Waals surface area (Å²) >= 11 is 0. The summed E-state index contributed by atoms with van der Waals surface area (Å²) in [4.78, 5) is 33.8. The molecule has 2 rings (SSSR count). The van der Waals surface area contributed by atoms with Crippen LogP contribution in [0.2, 0.25) is 0 Å². The number of hydrogen-bond donors (Lipinski definition) is 3. The molecule has 1 fully saturated rings. The quantitative estimate of drug-likeness (QED) is 0.531. The van der Waals surface area contributed by atoms with Crippen molar-refractivity contribution in [3.8, 4) is 0 Å². The number of nitrogens with zero attached hydrogens (tertiary/aromatic N) is 2. The summed E-state index contributed by atoms with van der Waals surface area (Å²) < 4.78 is 4.54. The molecule has 0 spiro atoms. The highest BCUT2D eigenvalue weighted by molar-refractivity contribution is 5.92. The van der Waals surface area contributed by atoms with Crippen LogP contribution in [0.3, 0.4) is 0 Å². The fraction of sp³-hybridized carbons (Fsp3) is 0.556. The molecule has 98 valence electrons. The van der Waals surface area contributed by atoms with Crippen LogP contribution in [-0.2, 0) is 14.3 Å². The van der Waals surface area contributed by atoms with Gasteiger partial charge in [0.15, 0.2) is 6.04 Å². The molecule has 0 aromatic heterocycles. The molecule has 0 aliphatic carbocycles. The number of hydrogen-bond acceptors (Lipinski definition) is 6. The topological polar surface area (TPSA) is 129 Å². The van der Waals surface area contributed by atoms with Crippen LogP contribution in [0.15, 0.2) is 5.10 Å². The maximum absolute atomic E-state index is 11.9. The van der Waals surface area contributed by atoms with Gasteiger partial charge < -0.3 is 20.3 Å². The molecule has 3 N–H and O–H groups in total. The fourth-order valence-electron chi connectivity index (χ4n) is 1.75. The SMILES string of the molecule is O=C1N[C@@H](C(=O)N2N=CC[C@H](O)[C@H]2C(=O)O)CO1. The number of carbonyl (C=O) groups excluding carboxylic acids is 2. The Hall–Kier alpha value is -2.16. The van der Waals surface area contributed by atoms with Crippen molar-refractivity contribution in [2.45, 2.75) is 24.6 Å². The van der Waals surface area contributed by atoms with Crippen LogP contribution in [0, 0.1) is 0 Å². The highest BCUT2D eigenvalue weighted by Gasteiger charge is 2.42. The summed E-state index contributed by atoms with van der Waals surface area (Å²) in [6.07, 6.45) is -0.683. The number of aliphatic carboxylic acids is 1. The Kier molecular flexibility index (Phi) is 3.15. The van der Waals surface area contributed by atoms with Gasteiger partial charge in [0.25, 0.3) is 5.91 Å². The molecule has 9 nitrogen and oxygen atoms in total. The molecule has 2 aliphatic heterocycles. The van der Waals surface area contributed by atoms with Crippen LogP contribution in [0.25, 0.3) is 0 Å². The summed E-state index contributed by atoms with van der Waals surface area (Å²) in [5, 5.41) is 25.1. The van der Waals surface area contributed by atoms with Crippen LogP contribution < -0.4 is 5.32 Å². The Bertz CT molecular complexity index is 423. The lowest BCUT2D eigenvalue weighted by molar-refractivity contribution is -0.156. The van der Waals surface area contributed by atoms with E-state index in [9.17, 15) is 19.5 Å². The van der Waals surface area contributed by atoms with Gasteiger partial charge in [-0.15, -0.1) is 0 Å². The Morgan fingerprint density at radius 3 is 2.83 bits per heavy atom. The lowest BCUT2D eigenvalue weighted by Crippen LogP contribution is -2.56. The average molecular weight is 257 g/mol. The summed E-state index contributed by atoms with van der Waals surface area (Å²) in [6, 6.07) is -2.44. The van der Waals surface area contributed by atoms with Crippen molar-refractivity contribution in [1.82, 2.24) is 10.3 Å². The molecule has 9 heteroatoms. The highest BCUT2D eigenvalue weighted by Crippen LogP contribution is 2.16. The second-order valence-electron chi connectivity index (χ2n) is 3.86. The second kappa shape index (κ2) is 4.61. The first kappa shape index (κ1) is 12.3. The molecule has 0 radical (unpaired) electrons. The first-order chi connectivity index (χ1) is 8.50. The smallest absolute Gasteiger partial charge is 0.407 e. The zero-order valence-electron chi connectivity index (χ0n) is 9.15. The minimum atomic E-state index is -1.46. The van der Waals surface area contributed by atoms with Gasteiger partial charge in [0.2, 0.25) is 0 Å². The van der Waals surface area contributed by atoms with Crippen molar-refractivity contribution < 1.29 is 29.3 Å². The van der Waals surface area contributed by atoms with Gasteiger partial charge in [-0.05, 0) is 0 Å². The molecule has 2 amide bonds. The second-order valence-corrected chi connectivity index (χ2v) is 3.86. The van der Waals surface area contributed by atoms with E-state index >= 15 is 0 Å². The van der Waals surface area contributed by atoms with Crippen LogP contribution in [0.4, 0.5) is 4.79 Å². The molecule has 1 saturated heterocycles. The van der Waals surface area contributed by atoms with Crippen molar-refractivity contribution in [2.75, 3.05) is 6.61 Å². The largest absolute Gasteiger partial charge is 0.480 e. The minimum Gasteiger partial charge on any atom is -0.480 e. The Labute approximate surface area is 101 Å². The molecule has 18 heavy (non-hydrogen) atoms. The van der Waals surface area contributed by atoms with E-state index in [2.05, 4.69) is 15.2 Å². The first-order valence-corrected chi connectivity index (χ1v) is 5.20. The molecule has 0 unspecified atom stereocenters. The molecule has 0 aromatic rings. The number of amides is 2. The van der Waals surface area contributed by atoms with Gasteiger partial charge in [0.1, 0.15) is 12.6 Å². The number of aliphatic hydroxyl groups excluding tert-OH is 1. The van der Waals surface area contributed by atoms with E-state index in [1.54, 1.807) is 0 Å². The predicted molar refractivity (Wildman–Crippen MR) is 55.7 cm³/mol. The van der Waals surface area contributed by atoms with Crippen molar-refractivity contribution >= 4 is 24.2 Å². The number of cyclic esters (lactones) is 1. The van der Waals surface area contributed by atoms with E-state index in [1.165, 1.54) is 6.21 Å². The number of ether oxygens (including phenoxy) is 1. The van der Waals surface area contributed by atoms with Crippen molar-refractivity contribution in [3.05, 3.63) is 0 Å². The minimum absolute atomic E-state index is 0.0499. The molecule has 0 bridgehead atoms. The Morgan fingerprint density at radius 2 is 2.28 bits per heavy atom. The molecular weight excluding hydrogens is 246 g/mol. The van der Waals surface area contributed by atoms with Gasteiger partial charge in [0.05, 0.1) is 6.10 Å². The molecule has 3 atom stereocenters. The van der Waals surface area contributed by atoms with Gasteiger partial charge in [-0.3, -0.25) is 4.79 Å². The Morgan fingerprint density at radius 1 is 1.56 bits per heavy atom. The van der Waals surface area contributed by atoms with Crippen LogP contribution in [-0.4, -0.2) is 64.2 Å². The van der Waals surface area contributed by atoms with Gasteiger partial charge >= 0.3 is 12.1 Å². The highest BCUT2D eigenvalue weighted by atomic mass is 16.6. The molecule has 0 aromatic carbocycles. The normalized spacial score (nSPS) is 30.8. The van der Waals surface area contributed by atoms with Crippen LogP contribution in [0.5, 0.6) is 0 Å². The van der Waals surface area contributed by atoms with Gasteiger partial charge in [0, 0.05) is 12.6 Å². The fourth-order valence-corrected chi connectivity index (χ4v) is 1.75. The van der Waals surface area contributed by atoms with E-state index in [0.29, 0.717) is 5.01 Å². The third-order valence-electron chi connectivity index (χ3n) is 2.63. The third kappa shape index (κ3) is 2.12. The maximum atomic E-state index is 11.9. The maximum Gasteiger partial charge on any atom is 0.407 e. The first-order valence-electron chi connectivity index (χ1n) is 5.20. The number of nitrogens with one attached hydrogen (secondary N) is 1. The molecule has 2 heterocycles. The standard InChI is InChI=1S/C9H11N3O6/c13-5-1-2-10-12(6(5)8(15)16)7(14)4-3-18-9(17)11-4/h2,4-6,13H,1,3H2,(H,11,17)(H,15,16)/t4-,5+,6+/m1/s1. The number of carboxylic acid groups (broad SMARTS) is 1. The van der Waals surface area contributed by atoms with E-state index in [1.807, 2.05) is 0 Å². The monoisotopic (exact) mass is 257 g/mol. The molecule has 0 saturated carbocycles. The van der Waals surface area contributed by atoms with Gasteiger partial charge in [-0.2, -0.15) is 5.10 Å². The van der Waals surface area contributed by atoms with E-state index < -0.39 is 36.2 Å². The zero-order valence-corrected chi connectivity index (χ0v) is 9.15. The van der Waals surface area contributed by atoms with E-state index in [4.69, 9.17) is 5.11 Å². The summed E-state index contributed by atoms with van der Waals surface area (Å²) in [5.74, 6) is -2.10. The number of alkyl carbamates (subject to hydrolysis) is 1. The number of aliphatic hydroxyl groups is 1. The number of rotatable bonds is 2. The summed E-state index contributed by atoms with van der Waals surface area (Å²) in [5.41, 5.74) is 0. The average Bonchev–Trinajstić information content (AvgIpc) is 2.74. The third-order valence-corrected chi connectivity index (χ3v) is 2.63. The lowest BCUT2D eigenvalue weighted by atomic mass is 10.1. The molecule has 2 aliphatic rings. The van der Waals surface area contributed by atoms with Crippen molar-refractivity contribution in [3.63, 3.8) is 0 Å². The van der Waals surface area contributed by atoms with E-state index in [-0.39, 0.29) is 13.0 Å². The molecular formula is C9H11N3O6. The van der Waals surface area contributed by atoms with Crippen molar-refractivity contribution in [2.24, 2.45) is 5.10 Å². The lowest BCUT2D eigenvalue weighted by Gasteiger charge is -2.31. The predicted octanol–water partition coefficient (Wildman–Crippen LogP) is -1.87. The van der Waals surface area contributed by atoms with Gasteiger partial charge in [-0.25, -0.2) is 14.6 Å². The Balaban J connectivity index is 2.17. The number of carbonyl (C=O) groups is 3. The van der Waals surface area contributed by atoms with Crippen LogP contribution >= 0.6 is 0 Å². The summed E-state index contributed by atoms with van der Waals surface area (Å²) in [6.45, 7) is -0.188. The van der Waals surface area contributed by atoms with E-state index in [0.717, 1.165) is 0 Å².